The first-order chi connectivity index (χ1) is 7.93. The number of imide groups is 1. The Kier molecular flexibility index (Phi) is 4.89. The molecule has 1 atom stereocenters. The van der Waals surface area contributed by atoms with Crippen molar-refractivity contribution >= 4 is 12.0 Å². The lowest BCUT2D eigenvalue weighted by molar-refractivity contribution is -0.121. The lowest BCUT2D eigenvalue weighted by atomic mass is 9.98. The molecule has 2 N–H and O–H groups in total. The zero-order valence-corrected chi connectivity index (χ0v) is 10.4. The van der Waals surface area contributed by atoms with Crippen molar-refractivity contribution in [3.8, 4) is 0 Å². The molecule has 0 saturated carbocycles. The van der Waals surface area contributed by atoms with Gasteiger partial charge in [-0.05, 0) is 32.7 Å². The highest BCUT2D eigenvalue weighted by Crippen LogP contribution is 2.20. The van der Waals surface area contributed by atoms with Crippen molar-refractivity contribution in [2.75, 3.05) is 26.7 Å². The Balaban J connectivity index is 2.36. The molecule has 1 saturated heterocycles. The Morgan fingerprint density at radius 1 is 1.41 bits per heavy atom. The normalized spacial score (nSPS) is 26.1. The van der Waals surface area contributed by atoms with Crippen LogP contribution in [0.1, 0.15) is 26.2 Å². The Morgan fingerprint density at radius 2 is 2.12 bits per heavy atom. The molecule has 1 aliphatic rings. The number of hydrogen-bond donors (Lipinski definition) is 2. The summed E-state index contributed by atoms with van der Waals surface area (Å²) >= 11 is 0. The highest BCUT2D eigenvalue weighted by molar-refractivity contribution is 5.92. The van der Waals surface area contributed by atoms with E-state index in [-0.39, 0.29) is 12.5 Å². The molecule has 1 unspecified atom stereocenters. The van der Waals surface area contributed by atoms with Gasteiger partial charge in [0.25, 0.3) is 0 Å². The summed E-state index contributed by atoms with van der Waals surface area (Å²) in [6.45, 7) is 3.38. The summed E-state index contributed by atoms with van der Waals surface area (Å²) in [5, 5.41) is 12.0. The molecule has 1 fully saturated rings. The topological polar surface area (TPSA) is 78.9 Å². The molecule has 98 valence electrons. The van der Waals surface area contributed by atoms with E-state index in [0.29, 0.717) is 13.0 Å². The number of amides is 2. The number of nitrogens with zero attached hydrogens (tertiary/aromatic N) is 1. The van der Waals surface area contributed by atoms with E-state index in [1.54, 1.807) is 0 Å². The van der Waals surface area contributed by atoms with Crippen LogP contribution in [-0.2, 0) is 9.53 Å². The van der Waals surface area contributed by atoms with Gasteiger partial charge < -0.3 is 9.84 Å². The van der Waals surface area contributed by atoms with Gasteiger partial charge in [-0.2, -0.15) is 0 Å². The van der Waals surface area contributed by atoms with Crippen LogP contribution in [0.5, 0.6) is 0 Å². The molecule has 6 heteroatoms. The van der Waals surface area contributed by atoms with Crippen LogP contribution in [0.3, 0.4) is 0 Å². The Hall–Kier alpha value is -1.14. The molecular formula is C11H20N2O4. The first-order valence-corrected chi connectivity index (χ1v) is 5.75. The number of ether oxygens (including phenoxy) is 1. The van der Waals surface area contributed by atoms with Crippen LogP contribution in [-0.4, -0.2) is 54.4 Å². The summed E-state index contributed by atoms with van der Waals surface area (Å²) < 4.78 is 4.34. The van der Waals surface area contributed by atoms with E-state index in [1.165, 1.54) is 7.11 Å². The van der Waals surface area contributed by atoms with E-state index in [0.717, 1.165) is 19.4 Å². The maximum atomic E-state index is 11.4. The number of likely N-dealkylation sites (tertiary alicyclic amines) is 1. The van der Waals surface area contributed by atoms with Crippen LogP contribution < -0.4 is 5.32 Å². The standard InChI is InChI=1S/C11H20N2O4/c1-11(16)4-3-6-13(7-5-11)8-9(14)12-10(15)17-2/h16H,3-8H2,1-2H3,(H,12,14,15). The maximum absolute atomic E-state index is 11.4. The second-order valence-electron chi connectivity index (χ2n) is 4.67. The quantitative estimate of drug-likeness (QED) is 0.720. The summed E-state index contributed by atoms with van der Waals surface area (Å²) in [5.41, 5.74) is -0.645. The zero-order valence-electron chi connectivity index (χ0n) is 10.4. The van der Waals surface area contributed by atoms with E-state index in [9.17, 15) is 14.7 Å². The van der Waals surface area contributed by atoms with Crippen molar-refractivity contribution in [2.45, 2.75) is 31.8 Å². The third-order valence-electron chi connectivity index (χ3n) is 2.95. The molecule has 1 rings (SSSR count). The molecule has 0 bridgehead atoms. The second-order valence-corrected chi connectivity index (χ2v) is 4.67. The van der Waals surface area contributed by atoms with Gasteiger partial charge in [0.05, 0.1) is 19.3 Å². The number of alkyl carbamates (subject to hydrolysis) is 1. The van der Waals surface area contributed by atoms with Gasteiger partial charge in [-0.15, -0.1) is 0 Å². The SMILES string of the molecule is COC(=O)NC(=O)CN1CCCC(C)(O)CC1. The fourth-order valence-corrected chi connectivity index (χ4v) is 1.88. The lowest BCUT2D eigenvalue weighted by Gasteiger charge is -2.21. The Labute approximate surface area is 101 Å². The summed E-state index contributed by atoms with van der Waals surface area (Å²) in [4.78, 5) is 24.2. The van der Waals surface area contributed by atoms with Crippen LogP contribution in [0.15, 0.2) is 0 Å². The third kappa shape index (κ3) is 5.14. The average molecular weight is 244 g/mol. The maximum Gasteiger partial charge on any atom is 0.413 e. The van der Waals surface area contributed by atoms with Crippen LogP contribution >= 0.6 is 0 Å². The van der Waals surface area contributed by atoms with Crippen LogP contribution in [0, 0.1) is 0 Å². The number of aliphatic hydroxyl groups is 1. The Morgan fingerprint density at radius 3 is 2.76 bits per heavy atom. The van der Waals surface area contributed by atoms with Crippen molar-refractivity contribution in [3.63, 3.8) is 0 Å². The molecule has 0 aromatic carbocycles. The summed E-state index contributed by atoms with van der Waals surface area (Å²) in [6.07, 6.45) is 1.48. The molecule has 0 aromatic heterocycles. The molecule has 1 aliphatic heterocycles. The van der Waals surface area contributed by atoms with Gasteiger partial charge in [0.2, 0.25) is 5.91 Å². The molecule has 0 spiro atoms. The first-order valence-electron chi connectivity index (χ1n) is 5.75. The summed E-state index contributed by atoms with van der Waals surface area (Å²) in [5.74, 6) is -0.376. The number of carbonyl (C=O) groups excluding carboxylic acids is 2. The molecule has 0 radical (unpaired) electrons. The van der Waals surface area contributed by atoms with E-state index >= 15 is 0 Å². The molecule has 0 aliphatic carbocycles. The van der Waals surface area contributed by atoms with Crippen LogP contribution in [0.25, 0.3) is 0 Å². The minimum absolute atomic E-state index is 0.158. The number of hydrogen-bond acceptors (Lipinski definition) is 5. The average Bonchev–Trinajstić information content (AvgIpc) is 2.40. The van der Waals surface area contributed by atoms with Gasteiger partial charge in [0.15, 0.2) is 0 Å². The molecule has 6 nitrogen and oxygen atoms in total. The number of carbonyl (C=O) groups is 2. The number of methoxy groups -OCH3 is 1. The van der Waals surface area contributed by atoms with Crippen molar-refractivity contribution in [2.24, 2.45) is 0 Å². The van der Waals surface area contributed by atoms with Gasteiger partial charge in [-0.25, -0.2) is 4.79 Å². The monoisotopic (exact) mass is 244 g/mol. The molecule has 2 amide bonds. The highest BCUT2D eigenvalue weighted by atomic mass is 16.5. The predicted molar refractivity (Wildman–Crippen MR) is 61.5 cm³/mol. The minimum atomic E-state index is -0.739. The van der Waals surface area contributed by atoms with Gasteiger partial charge in [-0.3, -0.25) is 15.0 Å². The molecule has 1 heterocycles. The molecule has 17 heavy (non-hydrogen) atoms. The molecule has 0 aromatic rings. The number of nitrogens with one attached hydrogen (secondary N) is 1. The van der Waals surface area contributed by atoms with Crippen molar-refractivity contribution in [1.29, 1.82) is 0 Å². The van der Waals surface area contributed by atoms with Crippen molar-refractivity contribution in [1.82, 2.24) is 10.2 Å². The third-order valence-corrected chi connectivity index (χ3v) is 2.95. The summed E-state index contributed by atoms with van der Waals surface area (Å²) in [7, 11) is 1.21. The van der Waals surface area contributed by atoms with E-state index in [4.69, 9.17) is 0 Å². The van der Waals surface area contributed by atoms with Gasteiger partial charge >= 0.3 is 6.09 Å². The lowest BCUT2D eigenvalue weighted by Crippen LogP contribution is -2.40. The minimum Gasteiger partial charge on any atom is -0.453 e. The van der Waals surface area contributed by atoms with Crippen LogP contribution in [0.2, 0.25) is 0 Å². The fourth-order valence-electron chi connectivity index (χ4n) is 1.88. The zero-order chi connectivity index (χ0) is 12.9. The molecular weight excluding hydrogens is 224 g/mol. The van der Waals surface area contributed by atoms with Gasteiger partial charge in [0.1, 0.15) is 0 Å². The van der Waals surface area contributed by atoms with E-state index in [1.807, 2.05) is 11.8 Å². The smallest absolute Gasteiger partial charge is 0.413 e. The largest absolute Gasteiger partial charge is 0.453 e. The van der Waals surface area contributed by atoms with Gasteiger partial charge in [0, 0.05) is 6.54 Å². The second kappa shape index (κ2) is 5.97. The highest BCUT2D eigenvalue weighted by Gasteiger charge is 2.25. The van der Waals surface area contributed by atoms with E-state index in [2.05, 4.69) is 10.1 Å². The first kappa shape index (κ1) is 13.9. The fraction of sp³-hybridized carbons (Fsp3) is 0.818. The summed E-state index contributed by atoms with van der Waals surface area (Å²) in [6, 6.07) is 0. The van der Waals surface area contributed by atoms with Gasteiger partial charge in [-0.1, -0.05) is 0 Å². The van der Waals surface area contributed by atoms with Crippen molar-refractivity contribution < 1.29 is 19.4 Å². The number of rotatable bonds is 2. The van der Waals surface area contributed by atoms with E-state index < -0.39 is 11.7 Å². The van der Waals surface area contributed by atoms with Crippen LogP contribution in [0.4, 0.5) is 4.79 Å². The predicted octanol–water partition coefficient (Wildman–Crippen LogP) is 0.106. The van der Waals surface area contributed by atoms with Crippen molar-refractivity contribution in [3.05, 3.63) is 0 Å². The Bertz CT molecular complexity index is 291.